The smallest absolute Gasteiger partial charge is 0.260 e. The van der Waals surface area contributed by atoms with Crippen molar-refractivity contribution in [3.05, 3.63) is 36.2 Å². The van der Waals surface area contributed by atoms with Gasteiger partial charge >= 0.3 is 0 Å². The van der Waals surface area contributed by atoms with Gasteiger partial charge in [0, 0.05) is 12.7 Å². The molecule has 2 aromatic rings. The molecule has 1 amide bonds. The lowest BCUT2D eigenvalue weighted by molar-refractivity contribution is 0.102. The van der Waals surface area contributed by atoms with E-state index in [0.29, 0.717) is 17.6 Å². The van der Waals surface area contributed by atoms with Gasteiger partial charge in [0.05, 0.1) is 11.6 Å². The first-order valence-corrected chi connectivity index (χ1v) is 7.77. The highest BCUT2D eigenvalue weighted by atomic mass is 16.1. The molecule has 1 saturated carbocycles. The van der Waals surface area contributed by atoms with E-state index in [1.165, 1.54) is 19.3 Å². The molecule has 0 saturated heterocycles. The number of aromatic nitrogens is 3. The molecule has 1 aliphatic carbocycles. The molecule has 1 aromatic carbocycles. The van der Waals surface area contributed by atoms with Gasteiger partial charge in [-0.3, -0.25) is 10.1 Å². The Bertz CT molecular complexity index is 645. The van der Waals surface area contributed by atoms with Gasteiger partial charge in [0.15, 0.2) is 0 Å². The van der Waals surface area contributed by atoms with Gasteiger partial charge in [-0.15, -0.1) is 5.10 Å². The van der Waals surface area contributed by atoms with Crippen LogP contribution in [0.25, 0.3) is 0 Å². The summed E-state index contributed by atoms with van der Waals surface area (Å²) < 4.78 is 1.89. The minimum absolute atomic E-state index is 0.202. The summed E-state index contributed by atoms with van der Waals surface area (Å²) >= 11 is 0. The number of nitrogens with zero attached hydrogens (tertiary/aromatic N) is 3. The molecule has 3 rings (SSSR count). The monoisotopic (exact) mass is 299 g/mol. The zero-order valence-corrected chi connectivity index (χ0v) is 12.7. The number of amides is 1. The van der Waals surface area contributed by atoms with Gasteiger partial charge in [-0.2, -0.15) is 0 Å². The van der Waals surface area contributed by atoms with Crippen molar-refractivity contribution in [2.45, 2.75) is 38.1 Å². The fourth-order valence-corrected chi connectivity index (χ4v) is 2.92. The van der Waals surface area contributed by atoms with Gasteiger partial charge < -0.3 is 5.32 Å². The normalized spacial score (nSPS) is 15.5. The third-order valence-electron chi connectivity index (χ3n) is 4.12. The van der Waals surface area contributed by atoms with Crippen molar-refractivity contribution < 1.29 is 4.79 Å². The molecule has 1 aromatic heterocycles. The highest BCUT2D eigenvalue weighted by Crippen LogP contribution is 2.27. The first kappa shape index (κ1) is 14.6. The fourth-order valence-electron chi connectivity index (χ4n) is 2.92. The van der Waals surface area contributed by atoms with Crippen LogP contribution in [0.5, 0.6) is 0 Å². The van der Waals surface area contributed by atoms with Gasteiger partial charge in [0.2, 0.25) is 5.95 Å². The van der Waals surface area contributed by atoms with Crippen LogP contribution < -0.4 is 10.6 Å². The topological polar surface area (TPSA) is 71.8 Å². The Labute approximate surface area is 129 Å². The summed E-state index contributed by atoms with van der Waals surface area (Å²) in [6.07, 6.45) is 7.77. The summed E-state index contributed by atoms with van der Waals surface area (Å²) in [5.41, 5.74) is 1.37. The number of para-hydroxylation sites is 1. The summed E-state index contributed by atoms with van der Waals surface area (Å²) in [5, 5.41) is 10.2. The molecular formula is C16H21N5O. The number of nitrogens with one attached hydrogen (secondary N) is 2. The molecule has 6 nitrogen and oxygen atoms in total. The Morgan fingerprint density at radius 1 is 1.23 bits per heavy atom. The van der Waals surface area contributed by atoms with Crippen LogP contribution >= 0.6 is 0 Å². The Kier molecular flexibility index (Phi) is 4.37. The maximum atomic E-state index is 12.3. The summed E-state index contributed by atoms with van der Waals surface area (Å²) in [7, 11) is 1.79. The van der Waals surface area contributed by atoms with E-state index < -0.39 is 0 Å². The Hall–Kier alpha value is -2.37. The van der Waals surface area contributed by atoms with Crippen LogP contribution in [0.2, 0.25) is 0 Å². The van der Waals surface area contributed by atoms with Crippen molar-refractivity contribution in [1.29, 1.82) is 0 Å². The fraction of sp³-hybridized carbons (Fsp3) is 0.438. The van der Waals surface area contributed by atoms with Gasteiger partial charge in [0.1, 0.15) is 6.33 Å². The predicted octanol–water partition coefficient (Wildman–Crippen LogP) is 3.08. The molecule has 0 radical (unpaired) electrons. The van der Waals surface area contributed by atoms with Gasteiger partial charge in [-0.1, -0.05) is 31.4 Å². The molecular weight excluding hydrogens is 278 g/mol. The summed E-state index contributed by atoms with van der Waals surface area (Å²) in [5.74, 6) is 0.160. The largest absolute Gasteiger partial charge is 0.387 e. The van der Waals surface area contributed by atoms with E-state index in [0.717, 1.165) is 18.5 Å². The quantitative estimate of drug-likeness (QED) is 0.910. The van der Waals surface area contributed by atoms with Gasteiger partial charge in [-0.05, 0) is 25.0 Å². The second-order valence-electron chi connectivity index (χ2n) is 5.59. The number of hydrogen-bond donors (Lipinski definition) is 2. The number of rotatable bonds is 4. The minimum atomic E-state index is -0.202. The lowest BCUT2D eigenvalue weighted by Crippen LogP contribution is -2.16. The van der Waals surface area contributed by atoms with E-state index in [1.54, 1.807) is 19.4 Å². The molecule has 1 heterocycles. The van der Waals surface area contributed by atoms with E-state index in [2.05, 4.69) is 20.7 Å². The van der Waals surface area contributed by atoms with E-state index in [4.69, 9.17) is 0 Å². The van der Waals surface area contributed by atoms with Crippen LogP contribution in [0.15, 0.2) is 30.6 Å². The highest BCUT2D eigenvalue weighted by Gasteiger charge is 2.18. The van der Waals surface area contributed by atoms with Crippen LogP contribution in [-0.2, 0) is 0 Å². The maximum Gasteiger partial charge on any atom is 0.260 e. The lowest BCUT2D eigenvalue weighted by atomic mass is 9.96. The summed E-state index contributed by atoms with van der Waals surface area (Å²) in [6.45, 7) is 0. The molecule has 22 heavy (non-hydrogen) atoms. The van der Waals surface area contributed by atoms with Crippen LogP contribution in [0.4, 0.5) is 11.6 Å². The number of carbonyl (C=O) groups excluding carboxylic acids is 1. The number of carbonyl (C=O) groups is 1. The highest BCUT2D eigenvalue weighted by molar-refractivity contribution is 6.07. The van der Waals surface area contributed by atoms with E-state index in [-0.39, 0.29) is 5.91 Å². The number of anilines is 2. The zero-order chi connectivity index (χ0) is 15.4. The van der Waals surface area contributed by atoms with E-state index in [9.17, 15) is 4.79 Å². The van der Waals surface area contributed by atoms with Crippen molar-refractivity contribution in [3.8, 4) is 0 Å². The average Bonchev–Trinajstić information content (AvgIpc) is 3.04. The van der Waals surface area contributed by atoms with Crippen LogP contribution in [0.3, 0.4) is 0 Å². The molecule has 0 spiro atoms. The average molecular weight is 299 g/mol. The predicted molar refractivity (Wildman–Crippen MR) is 86.1 cm³/mol. The Balaban J connectivity index is 1.70. The number of hydrogen-bond acceptors (Lipinski definition) is 4. The third-order valence-corrected chi connectivity index (χ3v) is 4.12. The second-order valence-corrected chi connectivity index (χ2v) is 5.59. The molecule has 2 N–H and O–H groups in total. The van der Waals surface area contributed by atoms with Gasteiger partial charge in [-0.25, -0.2) is 9.67 Å². The van der Waals surface area contributed by atoms with Crippen molar-refractivity contribution in [3.63, 3.8) is 0 Å². The number of benzene rings is 1. The molecule has 1 fully saturated rings. The van der Waals surface area contributed by atoms with Crippen molar-refractivity contribution >= 4 is 17.5 Å². The van der Waals surface area contributed by atoms with Gasteiger partial charge in [0.25, 0.3) is 5.91 Å². The van der Waals surface area contributed by atoms with Crippen LogP contribution in [0, 0.1) is 0 Å². The molecule has 0 bridgehead atoms. The molecule has 0 unspecified atom stereocenters. The van der Waals surface area contributed by atoms with Crippen LogP contribution in [0.1, 0.15) is 48.5 Å². The molecule has 116 valence electrons. The second kappa shape index (κ2) is 6.60. The zero-order valence-electron chi connectivity index (χ0n) is 12.7. The molecule has 1 aliphatic rings. The van der Waals surface area contributed by atoms with E-state index >= 15 is 0 Å². The molecule has 6 heteroatoms. The Morgan fingerprint density at radius 3 is 2.77 bits per heavy atom. The summed E-state index contributed by atoms with van der Waals surface area (Å²) in [6, 6.07) is 7.78. The molecule has 0 atom stereocenters. The van der Waals surface area contributed by atoms with Crippen molar-refractivity contribution in [1.82, 2.24) is 14.8 Å². The Morgan fingerprint density at radius 2 is 2.00 bits per heavy atom. The first-order valence-electron chi connectivity index (χ1n) is 7.77. The molecule has 0 aliphatic heterocycles. The SMILES string of the molecule is CNc1ccccc1C(=O)Nc1ncn(C2CCCCC2)n1. The van der Waals surface area contributed by atoms with Crippen LogP contribution in [-0.4, -0.2) is 27.7 Å². The van der Waals surface area contributed by atoms with Crippen molar-refractivity contribution in [2.24, 2.45) is 0 Å². The standard InChI is InChI=1S/C16H21N5O/c1-17-14-10-6-5-9-13(14)15(22)19-16-18-11-21(20-16)12-7-3-2-4-8-12/h5-6,9-12,17H,2-4,7-8H2,1H3,(H,19,20,22). The third kappa shape index (κ3) is 3.10. The first-order chi connectivity index (χ1) is 10.8. The van der Waals surface area contributed by atoms with Crippen molar-refractivity contribution in [2.75, 3.05) is 17.7 Å². The maximum absolute atomic E-state index is 12.3. The van der Waals surface area contributed by atoms with E-state index in [1.807, 2.05) is 22.9 Å². The lowest BCUT2D eigenvalue weighted by Gasteiger charge is -2.21. The minimum Gasteiger partial charge on any atom is -0.387 e. The summed E-state index contributed by atoms with van der Waals surface area (Å²) in [4.78, 5) is 16.6.